The summed E-state index contributed by atoms with van der Waals surface area (Å²) in [5.41, 5.74) is 0.0182. The lowest BCUT2D eigenvalue weighted by molar-refractivity contribution is -0.109. The highest BCUT2D eigenvalue weighted by atomic mass is 16.5. The summed E-state index contributed by atoms with van der Waals surface area (Å²) in [6.45, 7) is 0.334. The second-order valence-electron chi connectivity index (χ2n) is 3.61. The van der Waals surface area contributed by atoms with Gasteiger partial charge in [0.25, 0.3) is 0 Å². The van der Waals surface area contributed by atoms with Crippen LogP contribution in [0.1, 0.15) is 23.2 Å². The molecule has 0 aliphatic carbocycles. The molecule has 0 fully saturated rings. The fourth-order valence-corrected chi connectivity index (χ4v) is 1.31. The standard InChI is InChI=1S/C13H14O6/c14-3-1-5-18-11-7-10(13(16)17)8-12(9-11)19-6-2-4-15/h3-4,7-9H,1-2,5-6H2,(H,16,17). The maximum Gasteiger partial charge on any atom is 0.335 e. The van der Waals surface area contributed by atoms with Gasteiger partial charge in [-0.2, -0.15) is 0 Å². The van der Waals surface area contributed by atoms with Crippen molar-refractivity contribution >= 4 is 18.5 Å². The van der Waals surface area contributed by atoms with Crippen molar-refractivity contribution in [1.29, 1.82) is 0 Å². The van der Waals surface area contributed by atoms with Gasteiger partial charge < -0.3 is 24.2 Å². The highest BCUT2D eigenvalue weighted by Crippen LogP contribution is 2.23. The van der Waals surface area contributed by atoms with Crippen LogP contribution < -0.4 is 9.47 Å². The topological polar surface area (TPSA) is 89.9 Å². The number of benzene rings is 1. The van der Waals surface area contributed by atoms with E-state index in [0.717, 1.165) is 0 Å². The smallest absolute Gasteiger partial charge is 0.335 e. The normalized spacial score (nSPS) is 9.68. The van der Waals surface area contributed by atoms with Gasteiger partial charge in [-0.3, -0.25) is 0 Å². The predicted molar refractivity (Wildman–Crippen MR) is 65.8 cm³/mol. The minimum Gasteiger partial charge on any atom is -0.493 e. The Morgan fingerprint density at radius 1 is 1.00 bits per heavy atom. The van der Waals surface area contributed by atoms with Crippen molar-refractivity contribution in [2.24, 2.45) is 0 Å². The van der Waals surface area contributed by atoms with Crippen molar-refractivity contribution in [1.82, 2.24) is 0 Å². The first-order valence-corrected chi connectivity index (χ1v) is 5.68. The van der Waals surface area contributed by atoms with Gasteiger partial charge in [-0.15, -0.1) is 0 Å². The van der Waals surface area contributed by atoms with E-state index >= 15 is 0 Å². The number of aldehydes is 2. The number of carboxylic acids is 1. The Morgan fingerprint density at radius 2 is 1.47 bits per heavy atom. The molecule has 0 heterocycles. The van der Waals surface area contributed by atoms with Gasteiger partial charge >= 0.3 is 5.97 Å². The van der Waals surface area contributed by atoms with Gasteiger partial charge in [0.2, 0.25) is 0 Å². The fraction of sp³-hybridized carbons (Fsp3) is 0.308. The van der Waals surface area contributed by atoms with E-state index in [-0.39, 0.29) is 31.6 Å². The number of ether oxygens (including phenoxy) is 2. The zero-order valence-corrected chi connectivity index (χ0v) is 10.2. The van der Waals surface area contributed by atoms with Crippen LogP contribution in [0.2, 0.25) is 0 Å². The summed E-state index contributed by atoms with van der Waals surface area (Å²) >= 11 is 0. The Hall–Kier alpha value is -2.37. The van der Waals surface area contributed by atoms with Gasteiger partial charge in [0.05, 0.1) is 18.8 Å². The summed E-state index contributed by atoms with van der Waals surface area (Å²) in [5, 5.41) is 8.95. The molecule has 0 saturated carbocycles. The largest absolute Gasteiger partial charge is 0.493 e. The van der Waals surface area contributed by atoms with Crippen LogP contribution in [0.5, 0.6) is 11.5 Å². The molecular formula is C13H14O6. The summed E-state index contributed by atoms with van der Waals surface area (Å²) in [4.78, 5) is 31.3. The second kappa shape index (κ2) is 7.86. The highest BCUT2D eigenvalue weighted by Gasteiger charge is 2.08. The second-order valence-corrected chi connectivity index (χ2v) is 3.61. The molecule has 1 aromatic carbocycles. The number of rotatable bonds is 9. The van der Waals surface area contributed by atoms with Gasteiger partial charge in [0, 0.05) is 18.9 Å². The molecule has 0 unspecified atom stereocenters. The van der Waals surface area contributed by atoms with Crippen molar-refractivity contribution in [2.75, 3.05) is 13.2 Å². The molecule has 0 aromatic heterocycles. The first-order valence-electron chi connectivity index (χ1n) is 5.68. The summed E-state index contributed by atoms with van der Waals surface area (Å²) in [6, 6.07) is 4.21. The van der Waals surface area contributed by atoms with Gasteiger partial charge in [0.1, 0.15) is 24.1 Å². The molecule has 0 bridgehead atoms. The van der Waals surface area contributed by atoms with Crippen molar-refractivity contribution in [2.45, 2.75) is 12.8 Å². The first-order chi connectivity index (χ1) is 9.17. The van der Waals surface area contributed by atoms with Crippen LogP contribution >= 0.6 is 0 Å². The van der Waals surface area contributed by atoms with E-state index in [1.165, 1.54) is 18.2 Å². The lowest BCUT2D eigenvalue weighted by atomic mass is 10.2. The quantitative estimate of drug-likeness (QED) is 0.535. The Balaban J connectivity index is 2.80. The average molecular weight is 266 g/mol. The average Bonchev–Trinajstić information content (AvgIpc) is 2.39. The van der Waals surface area contributed by atoms with Crippen molar-refractivity contribution in [3.05, 3.63) is 23.8 Å². The van der Waals surface area contributed by atoms with E-state index in [9.17, 15) is 14.4 Å². The van der Waals surface area contributed by atoms with Crippen LogP contribution in [0.15, 0.2) is 18.2 Å². The third kappa shape index (κ3) is 5.20. The van der Waals surface area contributed by atoms with Crippen molar-refractivity contribution in [3.8, 4) is 11.5 Å². The molecule has 0 atom stereocenters. The minimum atomic E-state index is -1.11. The molecule has 6 heteroatoms. The number of carbonyl (C=O) groups is 3. The summed E-state index contributed by atoms with van der Waals surface area (Å²) in [5.74, 6) is -0.494. The number of hydrogen-bond donors (Lipinski definition) is 1. The van der Waals surface area contributed by atoms with Crippen molar-refractivity contribution < 1.29 is 29.0 Å². The Labute approximate surface area is 109 Å². The summed E-state index contributed by atoms with van der Waals surface area (Å²) < 4.78 is 10.5. The molecule has 102 valence electrons. The Morgan fingerprint density at radius 3 is 1.84 bits per heavy atom. The zero-order valence-electron chi connectivity index (χ0n) is 10.2. The number of hydrogen-bond acceptors (Lipinski definition) is 5. The SMILES string of the molecule is O=CCCOc1cc(OCCC=O)cc(C(=O)O)c1. The van der Waals surface area contributed by atoms with Gasteiger partial charge in [-0.25, -0.2) is 4.79 Å². The molecule has 1 aromatic rings. The molecule has 6 nitrogen and oxygen atoms in total. The number of carbonyl (C=O) groups excluding carboxylic acids is 2. The van der Waals surface area contributed by atoms with Crippen LogP contribution in [0.3, 0.4) is 0 Å². The van der Waals surface area contributed by atoms with E-state index in [2.05, 4.69) is 0 Å². The maximum atomic E-state index is 10.9. The maximum absolute atomic E-state index is 10.9. The summed E-state index contributed by atoms with van der Waals surface area (Å²) in [7, 11) is 0. The molecule has 19 heavy (non-hydrogen) atoms. The van der Waals surface area contributed by atoms with Crippen LogP contribution in [0.25, 0.3) is 0 Å². The molecular weight excluding hydrogens is 252 g/mol. The van der Waals surface area contributed by atoms with Crippen LogP contribution in [-0.2, 0) is 9.59 Å². The first kappa shape index (κ1) is 14.7. The predicted octanol–water partition coefficient (Wildman–Crippen LogP) is 1.32. The zero-order chi connectivity index (χ0) is 14.1. The van der Waals surface area contributed by atoms with E-state index in [4.69, 9.17) is 14.6 Å². The number of carboxylic acid groups (broad SMARTS) is 1. The fourth-order valence-electron chi connectivity index (χ4n) is 1.31. The molecule has 0 saturated heterocycles. The van der Waals surface area contributed by atoms with Crippen LogP contribution in [0, 0.1) is 0 Å². The van der Waals surface area contributed by atoms with Crippen LogP contribution in [-0.4, -0.2) is 36.9 Å². The lowest BCUT2D eigenvalue weighted by Gasteiger charge is -2.09. The molecule has 0 aliphatic heterocycles. The molecule has 0 radical (unpaired) electrons. The molecule has 0 spiro atoms. The minimum absolute atomic E-state index is 0.0182. The van der Waals surface area contributed by atoms with Gasteiger partial charge in [-0.05, 0) is 12.1 Å². The Bertz CT molecular complexity index is 422. The monoisotopic (exact) mass is 266 g/mol. The van der Waals surface area contributed by atoms with Crippen LogP contribution in [0.4, 0.5) is 0 Å². The van der Waals surface area contributed by atoms with E-state index in [0.29, 0.717) is 24.1 Å². The lowest BCUT2D eigenvalue weighted by Crippen LogP contribution is -2.04. The highest BCUT2D eigenvalue weighted by molar-refractivity contribution is 5.88. The number of aromatic carboxylic acids is 1. The molecule has 1 N–H and O–H groups in total. The van der Waals surface area contributed by atoms with Gasteiger partial charge in [-0.1, -0.05) is 0 Å². The molecule has 0 amide bonds. The summed E-state index contributed by atoms with van der Waals surface area (Å²) in [6.07, 6.45) is 1.86. The Kier molecular flexibility index (Phi) is 6.08. The molecule has 0 aliphatic rings. The van der Waals surface area contributed by atoms with Gasteiger partial charge in [0.15, 0.2) is 0 Å². The third-order valence-electron chi connectivity index (χ3n) is 2.14. The molecule has 1 rings (SSSR count). The van der Waals surface area contributed by atoms with E-state index < -0.39 is 5.97 Å². The van der Waals surface area contributed by atoms with Crippen molar-refractivity contribution in [3.63, 3.8) is 0 Å². The third-order valence-corrected chi connectivity index (χ3v) is 2.14. The van der Waals surface area contributed by atoms with E-state index in [1.807, 2.05) is 0 Å². The van der Waals surface area contributed by atoms with E-state index in [1.54, 1.807) is 0 Å².